The van der Waals surface area contributed by atoms with Crippen LogP contribution in [-0.4, -0.2) is 39.4 Å². The zero-order chi connectivity index (χ0) is 28.8. The molecular weight excluding hydrogens is 539 g/mol. The average molecular weight is 571 g/mol. The van der Waals surface area contributed by atoms with E-state index >= 15 is 0 Å². The van der Waals surface area contributed by atoms with Gasteiger partial charge in [-0.05, 0) is 61.5 Å². The average Bonchev–Trinajstić information content (AvgIpc) is 3.35. The first kappa shape index (κ1) is 28.0. The van der Waals surface area contributed by atoms with E-state index in [4.69, 9.17) is 18.9 Å². The molecule has 9 heteroatoms. The van der Waals surface area contributed by atoms with Gasteiger partial charge in [0, 0.05) is 17.5 Å². The second kappa shape index (κ2) is 12.7. The number of hydrogen-bond acceptors (Lipinski definition) is 6. The van der Waals surface area contributed by atoms with Crippen LogP contribution in [0.15, 0.2) is 91.0 Å². The predicted octanol–water partition coefficient (Wildman–Crippen LogP) is 5.62. The quantitative estimate of drug-likeness (QED) is 0.241. The van der Waals surface area contributed by atoms with Crippen LogP contribution in [0.3, 0.4) is 0 Å². The van der Waals surface area contributed by atoms with Gasteiger partial charge in [-0.1, -0.05) is 60.7 Å². The molecule has 0 aliphatic heterocycles. The number of benzene rings is 4. The molecule has 2 unspecified atom stereocenters. The van der Waals surface area contributed by atoms with Gasteiger partial charge in [0.1, 0.15) is 23.9 Å². The third-order valence-electron chi connectivity index (χ3n) is 7.10. The first-order valence-electron chi connectivity index (χ1n) is 13.1. The molecule has 0 heterocycles. The Morgan fingerprint density at radius 2 is 1.46 bits per heavy atom. The van der Waals surface area contributed by atoms with Gasteiger partial charge in [-0.2, -0.15) is 0 Å². The van der Waals surface area contributed by atoms with Gasteiger partial charge >= 0.3 is 6.09 Å². The summed E-state index contributed by atoms with van der Waals surface area (Å²) in [6, 6.07) is 28.4. The van der Waals surface area contributed by atoms with Crippen molar-refractivity contribution in [3.8, 4) is 28.4 Å². The van der Waals surface area contributed by atoms with Crippen LogP contribution in [0.4, 0.5) is 4.79 Å². The molecule has 5 rings (SSSR count). The maximum absolute atomic E-state index is 13.3. The van der Waals surface area contributed by atoms with Gasteiger partial charge in [-0.25, -0.2) is 4.79 Å². The van der Waals surface area contributed by atoms with E-state index in [-0.39, 0.29) is 25.0 Å². The van der Waals surface area contributed by atoms with E-state index in [0.29, 0.717) is 17.2 Å². The number of ether oxygens (including phenoxy) is 4. The van der Waals surface area contributed by atoms with Crippen molar-refractivity contribution in [1.29, 1.82) is 0 Å². The van der Waals surface area contributed by atoms with Crippen LogP contribution in [0.25, 0.3) is 11.1 Å². The number of carbonyl (C=O) groups excluding carboxylic acids is 2. The van der Waals surface area contributed by atoms with Crippen LogP contribution in [-0.2, 0) is 9.53 Å². The molecule has 2 amide bonds. The summed E-state index contributed by atoms with van der Waals surface area (Å²) in [7, 11) is 5.29. The Balaban J connectivity index is 1.37. The molecule has 4 aromatic rings. The van der Waals surface area contributed by atoms with Crippen LogP contribution in [0.5, 0.6) is 17.2 Å². The monoisotopic (exact) mass is 570 g/mol. The highest BCUT2D eigenvalue weighted by atomic mass is 31.0. The Morgan fingerprint density at radius 3 is 2.07 bits per heavy atom. The lowest BCUT2D eigenvalue weighted by Crippen LogP contribution is -2.31. The van der Waals surface area contributed by atoms with Crippen molar-refractivity contribution in [2.75, 3.05) is 27.4 Å². The van der Waals surface area contributed by atoms with E-state index in [1.807, 2.05) is 48.5 Å². The van der Waals surface area contributed by atoms with Crippen molar-refractivity contribution in [2.45, 2.75) is 12.0 Å². The Labute approximate surface area is 241 Å². The Hall–Kier alpha value is -4.55. The van der Waals surface area contributed by atoms with E-state index in [1.165, 1.54) is 0 Å². The van der Waals surface area contributed by atoms with Crippen molar-refractivity contribution in [3.63, 3.8) is 0 Å². The van der Waals surface area contributed by atoms with Crippen molar-refractivity contribution in [3.05, 3.63) is 113 Å². The maximum Gasteiger partial charge on any atom is 0.407 e. The third kappa shape index (κ3) is 6.13. The van der Waals surface area contributed by atoms with Crippen molar-refractivity contribution in [1.82, 2.24) is 10.4 Å². The highest BCUT2D eigenvalue weighted by molar-refractivity contribution is 7.15. The Bertz CT molecular complexity index is 1500. The second-order valence-electron chi connectivity index (χ2n) is 9.44. The minimum Gasteiger partial charge on any atom is -0.497 e. The van der Waals surface area contributed by atoms with Crippen LogP contribution >= 0.6 is 9.39 Å². The van der Waals surface area contributed by atoms with Crippen LogP contribution in [0.2, 0.25) is 0 Å². The maximum atomic E-state index is 13.3. The summed E-state index contributed by atoms with van der Waals surface area (Å²) in [5, 5.41) is 5.46. The number of carbonyl (C=O) groups is 2. The van der Waals surface area contributed by atoms with Crippen molar-refractivity contribution >= 4 is 21.4 Å². The standard InChI is InChI=1S/C32H31N2O6P/c1-37-22-15-16-27(29(17-22)38-2)31(20-11-13-21(14-12-20)39-19-30(35)34-41)33-32(36)40-18-28-25-9-5-3-7-23(25)24-8-4-6-10-26(24)28/h3-17,28,31H,18-19,41H2,1-2H3,(H,33,36)(H,34,35). The van der Waals surface area contributed by atoms with Gasteiger partial charge in [0.05, 0.1) is 20.3 Å². The number of alkyl carbamates (subject to hydrolysis) is 1. The summed E-state index contributed by atoms with van der Waals surface area (Å²) in [6.07, 6.45) is -0.563. The lowest BCUT2D eigenvalue weighted by atomic mass is 9.97. The normalized spacial score (nSPS) is 12.5. The largest absolute Gasteiger partial charge is 0.497 e. The SMILES string of the molecule is COc1ccc(C(NC(=O)OCC2c3ccccc3-c3ccccc32)c2ccc(OCC(=O)NP)cc2)c(OC)c1. The molecule has 41 heavy (non-hydrogen) atoms. The van der Waals surface area contributed by atoms with Gasteiger partial charge in [0.2, 0.25) is 0 Å². The topological polar surface area (TPSA) is 95.1 Å². The van der Waals surface area contributed by atoms with Gasteiger partial charge in [-0.3, -0.25) is 4.79 Å². The molecule has 1 aliphatic carbocycles. The number of fused-ring (bicyclic) bond motifs is 3. The molecule has 2 atom stereocenters. The second-order valence-corrected chi connectivity index (χ2v) is 9.72. The van der Waals surface area contributed by atoms with Crippen molar-refractivity contribution < 1.29 is 28.5 Å². The molecule has 8 nitrogen and oxygen atoms in total. The molecule has 1 aliphatic rings. The molecule has 0 fully saturated rings. The molecule has 4 aromatic carbocycles. The zero-order valence-electron chi connectivity index (χ0n) is 22.8. The summed E-state index contributed by atoms with van der Waals surface area (Å²) in [6.45, 7) is 0.0768. The molecule has 2 N–H and O–H groups in total. The molecule has 0 radical (unpaired) electrons. The summed E-state index contributed by atoms with van der Waals surface area (Å²) >= 11 is 0. The Morgan fingerprint density at radius 1 is 0.829 bits per heavy atom. The van der Waals surface area contributed by atoms with E-state index < -0.39 is 12.1 Å². The lowest BCUT2D eigenvalue weighted by molar-refractivity contribution is -0.121. The summed E-state index contributed by atoms with van der Waals surface area (Å²) in [4.78, 5) is 24.9. The van der Waals surface area contributed by atoms with E-state index in [2.05, 4.69) is 44.1 Å². The fourth-order valence-electron chi connectivity index (χ4n) is 5.10. The Kier molecular flexibility index (Phi) is 8.70. The van der Waals surface area contributed by atoms with Crippen molar-refractivity contribution in [2.24, 2.45) is 0 Å². The van der Waals surface area contributed by atoms with Crippen LogP contribution in [0.1, 0.15) is 34.2 Å². The molecule has 0 saturated heterocycles. The highest BCUT2D eigenvalue weighted by Crippen LogP contribution is 2.44. The predicted molar refractivity (Wildman–Crippen MR) is 159 cm³/mol. The minimum absolute atomic E-state index is 0.0581. The molecule has 0 spiro atoms. The molecule has 210 valence electrons. The highest BCUT2D eigenvalue weighted by Gasteiger charge is 2.30. The molecule has 0 saturated carbocycles. The van der Waals surface area contributed by atoms with Crippen LogP contribution in [0, 0.1) is 0 Å². The smallest absolute Gasteiger partial charge is 0.407 e. The number of nitrogens with one attached hydrogen (secondary N) is 2. The fourth-order valence-corrected chi connectivity index (χ4v) is 5.19. The first-order chi connectivity index (χ1) is 20.0. The number of hydrogen-bond donors (Lipinski definition) is 2. The van der Waals surface area contributed by atoms with E-state index in [9.17, 15) is 9.59 Å². The van der Waals surface area contributed by atoms with Crippen LogP contribution < -0.4 is 24.6 Å². The molecule has 0 bridgehead atoms. The fraction of sp³-hybridized carbons (Fsp3) is 0.188. The van der Waals surface area contributed by atoms with Gasteiger partial charge in [0.15, 0.2) is 6.61 Å². The minimum atomic E-state index is -0.601. The first-order valence-corrected chi connectivity index (χ1v) is 13.7. The number of methoxy groups -OCH3 is 2. The van der Waals surface area contributed by atoms with E-state index in [0.717, 1.165) is 33.4 Å². The molecular formula is C32H31N2O6P. The van der Waals surface area contributed by atoms with Gasteiger partial charge < -0.3 is 29.4 Å². The van der Waals surface area contributed by atoms with Gasteiger partial charge in [0.25, 0.3) is 5.91 Å². The summed E-state index contributed by atoms with van der Waals surface area (Å²) < 4.78 is 22.4. The van der Waals surface area contributed by atoms with Gasteiger partial charge in [-0.15, -0.1) is 0 Å². The van der Waals surface area contributed by atoms with E-state index in [1.54, 1.807) is 32.4 Å². The molecule has 0 aromatic heterocycles. The number of amides is 2. The number of rotatable bonds is 10. The third-order valence-corrected chi connectivity index (χ3v) is 7.42. The summed E-state index contributed by atoms with van der Waals surface area (Å²) in [5.74, 6) is 1.37. The zero-order valence-corrected chi connectivity index (χ0v) is 23.9. The summed E-state index contributed by atoms with van der Waals surface area (Å²) in [5.41, 5.74) is 6.09. The lowest BCUT2D eigenvalue weighted by Gasteiger charge is -2.23.